The Kier molecular flexibility index (Phi) is 4.36. The summed E-state index contributed by atoms with van der Waals surface area (Å²) in [5, 5.41) is 12.5. The number of phenolic OH excluding ortho intramolecular Hbond substituents is 1. The van der Waals surface area contributed by atoms with Crippen LogP contribution in [0.5, 0.6) is 11.5 Å². The number of aromatic hydroxyl groups is 1. The number of benzene rings is 1. The van der Waals surface area contributed by atoms with Crippen molar-refractivity contribution in [2.75, 3.05) is 25.2 Å². The summed E-state index contributed by atoms with van der Waals surface area (Å²) in [6.07, 6.45) is 1.17. The van der Waals surface area contributed by atoms with Crippen molar-refractivity contribution in [1.29, 1.82) is 0 Å². The quantitative estimate of drug-likeness (QED) is 0.874. The number of thioether (sulfide) groups is 1. The zero-order valence-electron chi connectivity index (χ0n) is 10.3. The third-order valence-corrected chi connectivity index (χ3v) is 4.25. The van der Waals surface area contributed by atoms with Crippen LogP contribution in [0.1, 0.15) is 16.8 Å². The zero-order valence-corrected chi connectivity index (χ0v) is 11.1. The van der Waals surface area contributed by atoms with Crippen LogP contribution in [0.25, 0.3) is 0 Å². The highest BCUT2D eigenvalue weighted by atomic mass is 32.2. The second-order valence-corrected chi connectivity index (χ2v) is 5.48. The molecule has 5 heteroatoms. The van der Waals surface area contributed by atoms with Crippen molar-refractivity contribution in [1.82, 2.24) is 5.32 Å². The number of amides is 1. The topological polar surface area (TPSA) is 58.6 Å². The van der Waals surface area contributed by atoms with Crippen LogP contribution in [0.3, 0.4) is 0 Å². The molecule has 1 amide bonds. The molecule has 98 valence electrons. The van der Waals surface area contributed by atoms with E-state index < -0.39 is 0 Å². The average molecular weight is 267 g/mol. The molecule has 1 aliphatic heterocycles. The van der Waals surface area contributed by atoms with Crippen LogP contribution in [0.15, 0.2) is 18.2 Å². The summed E-state index contributed by atoms with van der Waals surface area (Å²) in [4.78, 5) is 11.9. The number of nitrogens with one attached hydrogen (secondary N) is 1. The molecule has 2 N–H and O–H groups in total. The van der Waals surface area contributed by atoms with Gasteiger partial charge >= 0.3 is 0 Å². The van der Waals surface area contributed by atoms with Crippen LogP contribution in [-0.2, 0) is 0 Å². The number of carbonyl (C=O) groups is 1. The Hall–Kier alpha value is -1.36. The largest absolute Gasteiger partial charge is 0.504 e. The Morgan fingerprint density at radius 2 is 2.44 bits per heavy atom. The van der Waals surface area contributed by atoms with Crippen LogP contribution < -0.4 is 10.1 Å². The van der Waals surface area contributed by atoms with Gasteiger partial charge in [0.1, 0.15) is 0 Å². The van der Waals surface area contributed by atoms with E-state index in [1.165, 1.54) is 25.3 Å². The molecule has 1 aliphatic rings. The number of ether oxygens (including phenoxy) is 1. The highest BCUT2D eigenvalue weighted by Crippen LogP contribution is 2.26. The monoisotopic (exact) mass is 267 g/mol. The van der Waals surface area contributed by atoms with Gasteiger partial charge in [-0.05, 0) is 42.0 Å². The van der Waals surface area contributed by atoms with Gasteiger partial charge in [-0.3, -0.25) is 4.79 Å². The van der Waals surface area contributed by atoms with Gasteiger partial charge in [0.25, 0.3) is 5.91 Å². The van der Waals surface area contributed by atoms with Gasteiger partial charge in [0.05, 0.1) is 7.11 Å². The Balaban J connectivity index is 1.93. The molecule has 1 aromatic carbocycles. The third kappa shape index (κ3) is 3.10. The zero-order chi connectivity index (χ0) is 13.0. The molecule has 1 unspecified atom stereocenters. The van der Waals surface area contributed by atoms with Crippen LogP contribution in [0, 0.1) is 5.92 Å². The summed E-state index contributed by atoms with van der Waals surface area (Å²) in [6.45, 7) is 0.707. The Morgan fingerprint density at radius 1 is 1.61 bits per heavy atom. The fraction of sp³-hybridized carbons (Fsp3) is 0.462. The van der Waals surface area contributed by atoms with Gasteiger partial charge < -0.3 is 15.2 Å². The van der Waals surface area contributed by atoms with Crippen LogP contribution in [-0.4, -0.2) is 36.2 Å². The average Bonchev–Trinajstić information content (AvgIpc) is 2.89. The van der Waals surface area contributed by atoms with E-state index in [9.17, 15) is 9.90 Å². The molecule has 1 saturated heterocycles. The van der Waals surface area contributed by atoms with Crippen molar-refractivity contribution in [3.63, 3.8) is 0 Å². The SMILES string of the molecule is COc1ccc(C(=O)NCC2CCSC2)cc1O. The van der Waals surface area contributed by atoms with Crippen molar-refractivity contribution in [3.05, 3.63) is 23.8 Å². The summed E-state index contributed by atoms with van der Waals surface area (Å²) in [5.41, 5.74) is 0.457. The Labute approximate surface area is 111 Å². The minimum atomic E-state index is -0.148. The number of hydrogen-bond donors (Lipinski definition) is 2. The maximum absolute atomic E-state index is 11.9. The maximum atomic E-state index is 11.9. The van der Waals surface area contributed by atoms with Gasteiger partial charge in [-0.2, -0.15) is 11.8 Å². The van der Waals surface area contributed by atoms with Crippen LogP contribution in [0.2, 0.25) is 0 Å². The molecule has 1 aromatic rings. The van der Waals surface area contributed by atoms with Gasteiger partial charge in [0.15, 0.2) is 11.5 Å². The summed E-state index contributed by atoms with van der Waals surface area (Å²) in [7, 11) is 1.48. The minimum Gasteiger partial charge on any atom is -0.504 e. The van der Waals surface area contributed by atoms with Gasteiger partial charge in [-0.15, -0.1) is 0 Å². The third-order valence-electron chi connectivity index (χ3n) is 3.02. The Bertz CT molecular complexity index is 430. The van der Waals surface area contributed by atoms with E-state index in [1.54, 1.807) is 12.1 Å². The molecule has 0 spiro atoms. The molecule has 0 bridgehead atoms. The molecular weight excluding hydrogens is 250 g/mol. The lowest BCUT2D eigenvalue weighted by Gasteiger charge is -2.10. The molecule has 1 fully saturated rings. The maximum Gasteiger partial charge on any atom is 0.251 e. The molecule has 1 atom stereocenters. The second kappa shape index (κ2) is 6.00. The van der Waals surface area contributed by atoms with Crippen molar-refractivity contribution in [3.8, 4) is 11.5 Å². The number of rotatable bonds is 4. The summed E-state index contributed by atoms with van der Waals surface area (Å²) in [6, 6.07) is 4.67. The van der Waals surface area contributed by atoms with Gasteiger partial charge in [0.2, 0.25) is 0 Å². The smallest absolute Gasteiger partial charge is 0.251 e. The molecule has 2 rings (SSSR count). The molecule has 1 heterocycles. The summed E-state index contributed by atoms with van der Waals surface area (Å²) in [5.74, 6) is 3.09. The van der Waals surface area contributed by atoms with E-state index in [1.807, 2.05) is 11.8 Å². The molecule has 4 nitrogen and oxygen atoms in total. The Morgan fingerprint density at radius 3 is 3.06 bits per heavy atom. The fourth-order valence-corrected chi connectivity index (χ4v) is 3.20. The lowest BCUT2D eigenvalue weighted by molar-refractivity contribution is 0.0948. The lowest BCUT2D eigenvalue weighted by Crippen LogP contribution is -2.29. The van der Waals surface area contributed by atoms with E-state index in [-0.39, 0.29) is 11.7 Å². The number of carbonyl (C=O) groups excluding carboxylic acids is 1. The second-order valence-electron chi connectivity index (χ2n) is 4.33. The normalized spacial score (nSPS) is 18.6. The van der Waals surface area contributed by atoms with E-state index in [0.29, 0.717) is 23.8 Å². The van der Waals surface area contributed by atoms with E-state index in [2.05, 4.69) is 5.32 Å². The first-order chi connectivity index (χ1) is 8.70. The van der Waals surface area contributed by atoms with Crippen molar-refractivity contribution >= 4 is 17.7 Å². The molecule has 0 aromatic heterocycles. The van der Waals surface area contributed by atoms with Crippen molar-refractivity contribution < 1.29 is 14.6 Å². The van der Waals surface area contributed by atoms with Gasteiger partial charge in [-0.1, -0.05) is 0 Å². The van der Waals surface area contributed by atoms with E-state index in [4.69, 9.17) is 4.74 Å². The van der Waals surface area contributed by atoms with Gasteiger partial charge in [-0.25, -0.2) is 0 Å². The minimum absolute atomic E-state index is 0.0124. The molecule has 0 saturated carbocycles. The van der Waals surface area contributed by atoms with E-state index in [0.717, 1.165) is 5.75 Å². The van der Waals surface area contributed by atoms with Crippen LogP contribution >= 0.6 is 11.8 Å². The first-order valence-corrected chi connectivity index (χ1v) is 7.09. The molecule has 0 radical (unpaired) electrons. The number of hydrogen-bond acceptors (Lipinski definition) is 4. The highest BCUT2D eigenvalue weighted by molar-refractivity contribution is 7.99. The molecule has 18 heavy (non-hydrogen) atoms. The summed E-state index contributed by atoms with van der Waals surface area (Å²) < 4.78 is 4.94. The highest BCUT2D eigenvalue weighted by Gasteiger charge is 2.17. The lowest BCUT2D eigenvalue weighted by atomic mass is 10.1. The summed E-state index contributed by atoms with van der Waals surface area (Å²) >= 11 is 1.93. The number of methoxy groups -OCH3 is 1. The van der Waals surface area contributed by atoms with Crippen LogP contribution in [0.4, 0.5) is 0 Å². The predicted molar refractivity (Wildman–Crippen MR) is 72.4 cm³/mol. The first kappa shape index (κ1) is 13.1. The molecular formula is C13H17NO3S. The number of phenols is 1. The predicted octanol–water partition coefficient (Wildman–Crippen LogP) is 1.88. The van der Waals surface area contributed by atoms with E-state index >= 15 is 0 Å². The van der Waals surface area contributed by atoms with Crippen molar-refractivity contribution in [2.45, 2.75) is 6.42 Å². The fourth-order valence-electron chi connectivity index (χ4n) is 1.91. The molecule has 0 aliphatic carbocycles. The van der Waals surface area contributed by atoms with Gasteiger partial charge in [0, 0.05) is 12.1 Å². The standard InChI is InChI=1S/C13H17NO3S/c1-17-12-3-2-10(6-11(12)15)13(16)14-7-9-4-5-18-8-9/h2-3,6,9,15H,4-5,7-8H2,1H3,(H,14,16). The van der Waals surface area contributed by atoms with Crippen molar-refractivity contribution in [2.24, 2.45) is 5.92 Å². The first-order valence-electron chi connectivity index (χ1n) is 5.93.